The minimum absolute atomic E-state index is 1.46. The first-order valence-corrected chi connectivity index (χ1v) is 18.2. The topological polar surface area (TPSA) is 0 Å². The Morgan fingerprint density at radius 3 is 1.60 bits per heavy atom. The van der Waals surface area contributed by atoms with Gasteiger partial charge in [0.25, 0.3) is 0 Å². The summed E-state index contributed by atoms with van der Waals surface area (Å²) in [6.45, 7) is 7.55. The number of rotatable bonds is 3. The zero-order valence-electron chi connectivity index (χ0n) is 15.2. The Labute approximate surface area is 156 Å². The first-order valence-electron chi connectivity index (χ1n) is 8.98. The molecule has 0 nitrogen and oxygen atoms in total. The first kappa shape index (κ1) is 16.9. The monoisotopic (exact) mass is 448 g/mol. The summed E-state index contributed by atoms with van der Waals surface area (Å²) >= 11 is -3.16. The Morgan fingerprint density at radius 2 is 1.08 bits per heavy atom. The van der Waals surface area contributed by atoms with Gasteiger partial charge in [0.1, 0.15) is 0 Å². The summed E-state index contributed by atoms with van der Waals surface area (Å²) in [7, 11) is -1.47. The van der Waals surface area contributed by atoms with Crippen LogP contribution in [0.25, 0.3) is 6.08 Å². The van der Waals surface area contributed by atoms with Crippen molar-refractivity contribution in [3.63, 3.8) is 0 Å². The van der Waals surface area contributed by atoms with E-state index in [0.717, 1.165) is 0 Å². The summed E-state index contributed by atoms with van der Waals surface area (Å²) in [4.78, 5) is 0. The Bertz CT molecular complexity index is 882. The predicted molar refractivity (Wildman–Crippen MR) is 115 cm³/mol. The quantitative estimate of drug-likeness (QED) is 0.534. The Kier molecular flexibility index (Phi) is 4.24. The third-order valence-corrected chi connectivity index (χ3v) is 29.2. The number of hydrogen-bond donors (Lipinski definition) is 0. The van der Waals surface area contributed by atoms with Crippen LogP contribution in [0, 0.1) is 0 Å². The molecule has 1 aliphatic heterocycles. The summed E-state index contributed by atoms with van der Waals surface area (Å²) in [5.74, 6) is 0. The van der Waals surface area contributed by atoms with Crippen molar-refractivity contribution < 1.29 is 0 Å². The van der Waals surface area contributed by atoms with E-state index in [1.54, 1.807) is 14.0 Å². The third-order valence-electron chi connectivity index (χ3n) is 5.29. The molecular weight excluding hydrogens is 423 g/mol. The van der Waals surface area contributed by atoms with E-state index < -0.39 is 26.5 Å². The maximum absolute atomic E-state index is 3.16. The Balaban J connectivity index is 2.14. The zero-order chi connectivity index (χ0) is 17.5. The average molecular weight is 447 g/mol. The molecule has 3 aromatic carbocycles. The molecule has 0 fully saturated rings. The molecule has 0 radical (unpaired) electrons. The second-order valence-electron chi connectivity index (χ2n) is 7.88. The fourth-order valence-corrected chi connectivity index (χ4v) is 31.5. The van der Waals surface area contributed by atoms with Gasteiger partial charge in [-0.05, 0) is 0 Å². The molecule has 2 heteroatoms. The molecule has 0 amide bonds. The van der Waals surface area contributed by atoms with Crippen LogP contribution in [-0.4, -0.2) is 26.5 Å². The molecule has 25 heavy (non-hydrogen) atoms. The van der Waals surface area contributed by atoms with E-state index in [1.807, 2.05) is 0 Å². The normalized spacial score (nSPS) is 15.6. The van der Waals surface area contributed by atoms with E-state index in [2.05, 4.69) is 111 Å². The standard InChI is InChI=1S/C11H14Si.2C6H5.Sn/c1-12(2,3)10-9-11-7-5-4-6-8-11;2*1-2-4-6-5-3-1;/h4-7,9H,1-3H3;2*1-5H;. The molecule has 3 aromatic rings. The van der Waals surface area contributed by atoms with Crippen LogP contribution in [0.3, 0.4) is 0 Å². The first-order chi connectivity index (χ1) is 12.0. The molecule has 0 N–H and O–H groups in total. The van der Waals surface area contributed by atoms with Gasteiger partial charge in [-0.15, -0.1) is 0 Å². The fraction of sp³-hybridized carbons (Fsp3) is 0.130. The summed E-state index contributed by atoms with van der Waals surface area (Å²) in [6.07, 6.45) is 2.57. The molecule has 0 saturated carbocycles. The van der Waals surface area contributed by atoms with Crippen molar-refractivity contribution >= 4 is 43.3 Å². The van der Waals surface area contributed by atoms with Crippen molar-refractivity contribution in [3.8, 4) is 0 Å². The van der Waals surface area contributed by atoms with Crippen molar-refractivity contribution in [2.45, 2.75) is 19.6 Å². The van der Waals surface area contributed by atoms with Gasteiger partial charge in [0.2, 0.25) is 0 Å². The molecule has 4 rings (SSSR count). The second kappa shape index (κ2) is 6.29. The predicted octanol–water partition coefficient (Wildman–Crippen LogP) is 3.97. The second-order valence-corrected chi connectivity index (χ2v) is 25.0. The molecule has 0 aliphatic carbocycles. The summed E-state index contributed by atoms with van der Waals surface area (Å²) in [5.41, 5.74) is 1.46. The van der Waals surface area contributed by atoms with E-state index in [4.69, 9.17) is 0 Å². The van der Waals surface area contributed by atoms with Gasteiger partial charge < -0.3 is 0 Å². The van der Waals surface area contributed by atoms with E-state index in [1.165, 1.54) is 5.56 Å². The van der Waals surface area contributed by atoms with Crippen LogP contribution in [0.5, 0.6) is 0 Å². The van der Waals surface area contributed by atoms with Gasteiger partial charge in [0.05, 0.1) is 0 Å². The van der Waals surface area contributed by atoms with Gasteiger partial charge in [0.15, 0.2) is 0 Å². The van der Waals surface area contributed by atoms with Gasteiger partial charge in [-0.1, -0.05) is 0 Å². The molecule has 0 atom stereocenters. The van der Waals surface area contributed by atoms with Crippen molar-refractivity contribution in [2.75, 3.05) is 0 Å². The Morgan fingerprint density at radius 1 is 0.600 bits per heavy atom. The molecule has 0 aromatic heterocycles. The molecule has 0 bridgehead atoms. The molecule has 0 spiro atoms. The number of fused-ring (bicyclic) bond motifs is 1. The SMILES string of the molecule is C[Si](C)(C)[C]1=Cc2cccc[c]2[Sn]1([c]1ccccc1)[c]1ccccc1. The van der Waals surface area contributed by atoms with Crippen LogP contribution < -0.4 is 10.7 Å². The van der Waals surface area contributed by atoms with E-state index in [9.17, 15) is 0 Å². The van der Waals surface area contributed by atoms with Gasteiger partial charge in [0, 0.05) is 0 Å². The molecule has 1 heterocycles. The van der Waals surface area contributed by atoms with Gasteiger partial charge in [-0.2, -0.15) is 0 Å². The van der Waals surface area contributed by atoms with Crippen LogP contribution in [0.1, 0.15) is 5.56 Å². The fourth-order valence-electron chi connectivity index (χ4n) is 4.32. The summed E-state index contributed by atoms with van der Waals surface area (Å²) in [5, 5.41) is 0. The summed E-state index contributed by atoms with van der Waals surface area (Å²) < 4.78 is 6.61. The zero-order valence-corrected chi connectivity index (χ0v) is 19.0. The molecule has 124 valence electrons. The van der Waals surface area contributed by atoms with E-state index >= 15 is 0 Å². The molecule has 0 saturated heterocycles. The van der Waals surface area contributed by atoms with E-state index in [-0.39, 0.29) is 0 Å². The van der Waals surface area contributed by atoms with Crippen LogP contribution in [-0.2, 0) is 0 Å². The van der Waals surface area contributed by atoms with Crippen molar-refractivity contribution in [1.29, 1.82) is 0 Å². The van der Waals surface area contributed by atoms with Crippen LogP contribution in [0.15, 0.2) is 88.1 Å². The van der Waals surface area contributed by atoms with Gasteiger partial charge in [-0.3, -0.25) is 0 Å². The van der Waals surface area contributed by atoms with Crippen molar-refractivity contribution in [3.05, 3.63) is 93.7 Å². The van der Waals surface area contributed by atoms with Crippen molar-refractivity contribution in [2.24, 2.45) is 0 Å². The molecule has 1 aliphatic rings. The third kappa shape index (κ3) is 2.65. The van der Waals surface area contributed by atoms with Gasteiger partial charge in [-0.25, -0.2) is 0 Å². The van der Waals surface area contributed by atoms with Crippen LogP contribution in [0.2, 0.25) is 19.6 Å². The Hall–Kier alpha value is -1.58. The minimum atomic E-state index is -3.16. The number of benzene rings is 3. The summed E-state index contributed by atoms with van der Waals surface area (Å²) in [6, 6.07) is 31.9. The maximum atomic E-state index is 2.57. The van der Waals surface area contributed by atoms with Crippen LogP contribution >= 0.6 is 0 Å². The van der Waals surface area contributed by atoms with Crippen LogP contribution in [0.4, 0.5) is 0 Å². The van der Waals surface area contributed by atoms with Gasteiger partial charge >= 0.3 is 157 Å². The molecular formula is C23H24SiSn. The molecule has 0 unspecified atom stereocenters. The average Bonchev–Trinajstić information content (AvgIpc) is 3.00. The van der Waals surface area contributed by atoms with Crippen molar-refractivity contribution in [1.82, 2.24) is 0 Å². The van der Waals surface area contributed by atoms with E-state index in [0.29, 0.717) is 0 Å². The number of hydrogen-bond acceptors (Lipinski definition) is 0.